The number of rotatable bonds is 8. The number of aliphatic hydroxyl groups excluding tert-OH is 1. The standard InChI is InChI=1S/C22H27FN2O4/c1-17-2-6-20(7-3-17)28-15-19(26)14-24-10-12-25(13-11-24)22(27)16-29-21-8-4-18(23)5-9-21/h2-9,19,26H,10-16H2,1H3. The number of nitrogens with zero attached hydrogens (tertiary/aromatic N) is 2. The maximum absolute atomic E-state index is 12.9. The summed E-state index contributed by atoms with van der Waals surface area (Å²) in [6, 6.07) is 13.3. The van der Waals surface area contributed by atoms with Crippen LogP contribution < -0.4 is 9.47 Å². The van der Waals surface area contributed by atoms with Gasteiger partial charge in [0.15, 0.2) is 6.61 Å². The first-order chi connectivity index (χ1) is 14.0. The van der Waals surface area contributed by atoms with Crippen LogP contribution in [-0.4, -0.2) is 72.9 Å². The molecule has 2 aromatic carbocycles. The molecule has 156 valence electrons. The average molecular weight is 402 g/mol. The van der Waals surface area contributed by atoms with Crippen LogP contribution in [-0.2, 0) is 4.79 Å². The molecule has 1 aliphatic rings. The lowest BCUT2D eigenvalue weighted by Crippen LogP contribution is -2.51. The largest absolute Gasteiger partial charge is 0.491 e. The van der Waals surface area contributed by atoms with Gasteiger partial charge < -0.3 is 19.5 Å². The summed E-state index contributed by atoms with van der Waals surface area (Å²) in [5.41, 5.74) is 1.16. The summed E-state index contributed by atoms with van der Waals surface area (Å²) in [6.45, 7) is 5.20. The fraction of sp³-hybridized carbons (Fsp3) is 0.409. The Morgan fingerprint density at radius 2 is 1.59 bits per heavy atom. The van der Waals surface area contributed by atoms with Gasteiger partial charge in [-0.1, -0.05) is 17.7 Å². The maximum Gasteiger partial charge on any atom is 0.260 e. The highest BCUT2D eigenvalue weighted by atomic mass is 19.1. The molecule has 1 aliphatic heterocycles. The third-order valence-corrected chi connectivity index (χ3v) is 4.83. The van der Waals surface area contributed by atoms with E-state index in [1.54, 1.807) is 4.90 Å². The molecule has 1 N–H and O–H groups in total. The van der Waals surface area contributed by atoms with Crippen molar-refractivity contribution in [3.05, 3.63) is 59.9 Å². The summed E-state index contributed by atoms with van der Waals surface area (Å²) in [4.78, 5) is 16.2. The van der Waals surface area contributed by atoms with Crippen molar-refractivity contribution >= 4 is 5.91 Å². The highest BCUT2D eigenvalue weighted by Gasteiger charge is 2.23. The van der Waals surface area contributed by atoms with Crippen molar-refractivity contribution in [2.24, 2.45) is 0 Å². The second-order valence-corrected chi connectivity index (χ2v) is 7.20. The number of hydrogen-bond donors (Lipinski definition) is 1. The Kier molecular flexibility index (Phi) is 7.43. The number of ether oxygens (including phenoxy) is 2. The second-order valence-electron chi connectivity index (χ2n) is 7.20. The Morgan fingerprint density at radius 1 is 1.00 bits per heavy atom. The van der Waals surface area contributed by atoms with Crippen molar-refractivity contribution in [1.29, 1.82) is 0 Å². The first-order valence-electron chi connectivity index (χ1n) is 9.75. The van der Waals surface area contributed by atoms with Gasteiger partial charge in [-0.3, -0.25) is 9.69 Å². The monoisotopic (exact) mass is 402 g/mol. The highest BCUT2D eigenvalue weighted by molar-refractivity contribution is 5.77. The smallest absolute Gasteiger partial charge is 0.260 e. The Balaban J connectivity index is 1.34. The highest BCUT2D eigenvalue weighted by Crippen LogP contribution is 2.13. The summed E-state index contributed by atoms with van der Waals surface area (Å²) in [5.74, 6) is 0.768. The van der Waals surface area contributed by atoms with Crippen LogP contribution in [0, 0.1) is 12.7 Å². The van der Waals surface area contributed by atoms with Gasteiger partial charge in [-0.25, -0.2) is 4.39 Å². The van der Waals surface area contributed by atoms with Crippen molar-refractivity contribution in [2.75, 3.05) is 45.9 Å². The number of carbonyl (C=O) groups is 1. The molecule has 1 heterocycles. The first-order valence-corrected chi connectivity index (χ1v) is 9.75. The molecule has 1 saturated heterocycles. The van der Waals surface area contributed by atoms with E-state index in [1.807, 2.05) is 31.2 Å². The van der Waals surface area contributed by atoms with Crippen LogP contribution in [0.1, 0.15) is 5.56 Å². The summed E-state index contributed by atoms with van der Waals surface area (Å²) in [5, 5.41) is 10.2. The number of aliphatic hydroxyl groups is 1. The Morgan fingerprint density at radius 3 is 2.24 bits per heavy atom. The molecule has 6 nitrogen and oxygen atoms in total. The Hall–Kier alpha value is -2.64. The molecule has 0 saturated carbocycles. The SMILES string of the molecule is Cc1ccc(OCC(O)CN2CCN(C(=O)COc3ccc(F)cc3)CC2)cc1. The molecular formula is C22H27FN2O4. The van der Waals surface area contributed by atoms with Gasteiger partial charge in [-0.05, 0) is 43.3 Å². The van der Waals surface area contributed by atoms with E-state index in [0.717, 1.165) is 11.3 Å². The van der Waals surface area contributed by atoms with Crippen LogP contribution in [0.25, 0.3) is 0 Å². The quantitative estimate of drug-likeness (QED) is 0.733. The van der Waals surface area contributed by atoms with Gasteiger partial charge in [-0.15, -0.1) is 0 Å². The summed E-state index contributed by atoms with van der Waals surface area (Å²) in [6.07, 6.45) is -0.597. The lowest BCUT2D eigenvalue weighted by Gasteiger charge is -2.35. The number of hydrogen-bond acceptors (Lipinski definition) is 5. The van der Waals surface area contributed by atoms with E-state index >= 15 is 0 Å². The lowest BCUT2D eigenvalue weighted by atomic mass is 10.2. The summed E-state index contributed by atoms with van der Waals surface area (Å²) >= 11 is 0. The predicted octanol–water partition coefficient (Wildman–Crippen LogP) is 2.10. The van der Waals surface area contributed by atoms with Crippen LogP contribution in [0.2, 0.25) is 0 Å². The van der Waals surface area contributed by atoms with Crippen LogP contribution >= 0.6 is 0 Å². The molecule has 1 unspecified atom stereocenters. The zero-order valence-corrected chi connectivity index (χ0v) is 16.6. The van der Waals surface area contributed by atoms with Crippen molar-refractivity contribution in [1.82, 2.24) is 9.80 Å². The first kappa shape index (κ1) is 21.1. The lowest BCUT2D eigenvalue weighted by molar-refractivity contribution is -0.135. The van der Waals surface area contributed by atoms with Crippen LogP contribution in [0.15, 0.2) is 48.5 Å². The minimum absolute atomic E-state index is 0.0708. The van der Waals surface area contributed by atoms with Gasteiger partial charge in [0.1, 0.15) is 30.0 Å². The van der Waals surface area contributed by atoms with E-state index in [-0.39, 0.29) is 24.9 Å². The van der Waals surface area contributed by atoms with E-state index < -0.39 is 6.10 Å². The number of aryl methyl sites for hydroxylation is 1. The molecule has 1 fully saturated rings. The third-order valence-electron chi connectivity index (χ3n) is 4.83. The number of halogens is 1. The summed E-state index contributed by atoms with van der Waals surface area (Å²) < 4.78 is 23.9. The van der Waals surface area contributed by atoms with Crippen LogP contribution in [0.4, 0.5) is 4.39 Å². The number of β-amino-alcohol motifs (C(OH)–C–C–N with tert-alkyl or cyclic N) is 1. The van der Waals surface area contributed by atoms with Gasteiger partial charge in [0.25, 0.3) is 5.91 Å². The molecule has 2 aromatic rings. The average Bonchev–Trinajstić information content (AvgIpc) is 2.73. The van der Waals surface area contributed by atoms with E-state index in [1.165, 1.54) is 24.3 Å². The zero-order chi connectivity index (χ0) is 20.6. The van der Waals surface area contributed by atoms with Gasteiger partial charge in [0, 0.05) is 32.7 Å². The minimum atomic E-state index is -0.597. The number of benzene rings is 2. The molecule has 0 bridgehead atoms. The summed E-state index contributed by atoms with van der Waals surface area (Å²) in [7, 11) is 0. The van der Waals surface area contributed by atoms with Crippen LogP contribution in [0.5, 0.6) is 11.5 Å². The Bertz CT molecular complexity index is 774. The fourth-order valence-corrected chi connectivity index (χ4v) is 3.12. The number of amides is 1. The molecule has 0 aromatic heterocycles. The number of piperazine rings is 1. The van der Waals surface area contributed by atoms with E-state index in [4.69, 9.17) is 9.47 Å². The topological polar surface area (TPSA) is 62.2 Å². The van der Waals surface area contributed by atoms with E-state index in [2.05, 4.69) is 4.90 Å². The second kappa shape index (κ2) is 10.2. The molecule has 1 amide bonds. The normalized spacial score (nSPS) is 15.8. The molecule has 3 rings (SSSR count). The van der Waals surface area contributed by atoms with E-state index in [9.17, 15) is 14.3 Å². The molecule has 1 atom stereocenters. The van der Waals surface area contributed by atoms with Crippen LogP contribution in [0.3, 0.4) is 0 Å². The zero-order valence-electron chi connectivity index (χ0n) is 16.6. The van der Waals surface area contributed by atoms with E-state index in [0.29, 0.717) is 38.5 Å². The molecule has 0 aliphatic carbocycles. The van der Waals surface area contributed by atoms with Crippen molar-refractivity contribution in [2.45, 2.75) is 13.0 Å². The van der Waals surface area contributed by atoms with Gasteiger partial charge in [0.05, 0.1) is 0 Å². The van der Waals surface area contributed by atoms with Crippen molar-refractivity contribution < 1.29 is 23.8 Å². The molecule has 29 heavy (non-hydrogen) atoms. The maximum atomic E-state index is 12.9. The molecule has 0 spiro atoms. The van der Waals surface area contributed by atoms with Gasteiger partial charge in [0.2, 0.25) is 0 Å². The van der Waals surface area contributed by atoms with Gasteiger partial charge in [-0.2, -0.15) is 0 Å². The number of carbonyl (C=O) groups excluding carboxylic acids is 1. The molecule has 0 radical (unpaired) electrons. The minimum Gasteiger partial charge on any atom is -0.491 e. The van der Waals surface area contributed by atoms with Crippen molar-refractivity contribution in [3.63, 3.8) is 0 Å². The molecule has 7 heteroatoms. The fourth-order valence-electron chi connectivity index (χ4n) is 3.12. The van der Waals surface area contributed by atoms with Gasteiger partial charge >= 0.3 is 0 Å². The Labute approximate surface area is 170 Å². The van der Waals surface area contributed by atoms with Crippen molar-refractivity contribution in [3.8, 4) is 11.5 Å². The predicted molar refractivity (Wildman–Crippen MR) is 108 cm³/mol. The third kappa shape index (κ3) is 6.73. The molecular weight excluding hydrogens is 375 g/mol.